The van der Waals surface area contributed by atoms with Crippen molar-refractivity contribution in [3.8, 4) is 5.75 Å². The van der Waals surface area contributed by atoms with E-state index in [2.05, 4.69) is 4.90 Å². The molecule has 5 heteroatoms. The van der Waals surface area contributed by atoms with E-state index in [0.29, 0.717) is 17.7 Å². The molecule has 1 aromatic carbocycles. The van der Waals surface area contributed by atoms with Gasteiger partial charge < -0.3 is 14.6 Å². The van der Waals surface area contributed by atoms with E-state index in [-0.39, 0.29) is 17.1 Å². The number of nitrogens with zero attached hydrogens (tertiary/aromatic N) is 2. The molecule has 2 aromatic rings. The molecule has 0 amide bonds. The van der Waals surface area contributed by atoms with Crippen LogP contribution in [0.2, 0.25) is 0 Å². The van der Waals surface area contributed by atoms with Crippen LogP contribution in [0.5, 0.6) is 5.75 Å². The van der Waals surface area contributed by atoms with Gasteiger partial charge in [0.05, 0.1) is 0 Å². The highest BCUT2D eigenvalue weighted by molar-refractivity contribution is 6.08. The summed E-state index contributed by atoms with van der Waals surface area (Å²) in [7, 11) is 3.98. The van der Waals surface area contributed by atoms with Crippen molar-refractivity contribution in [2.75, 3.05) is 20.6 Å². The van der Waals surface area contributed by atoms with Gasteiger partial charge in [-0.25, -0.2) is 0 Å². The van der Waals surface area contributed by atoms with Crippen LogP contribution < -0.4 is 5.56 Å². The first-order valence-corrected chi connectivity index (χ1v) is 7.16. The predicted octanol–water partition coefficient (Wildman–Crippen LogP) is 1.74. The molecule has 0 aliphatic carbocycles. The van der Waals surface area contributed by atoms with Gasteiger partial charge in [0, 0.05) is 29.9 Å². The summed E-state index contributed by atoms with van der Waals surface area (Å²) in [5.74, 6) is -0.120. The Hall–Kier alpha value is -2.40. The first-order valence-electron chi connectivity index (χ1n) is 7.16. The molecule has 0 unspecified atom stereocenters. The molecule has 0 atom stereocenters. The Morgan fingerprint density at radius 2 is 1.82 bits per heavy atom. The van der Waals surface area contributed by atoms with Gasteiger partial charge in [0.25, 0.3) is 5.56 Å². The SMILES string of the molecule is CN(C)CCCn1ccc(C(=O)c2ccc(O)cc2)cc1=O. The minimum atomic E-state index is -0.224. The van der Waals surface area contributed by atoms with E-state index in [1.54, 1.807) is 29.0 Å². The number of phenolic OH excluding ortho intramolecular Hbond substituents is 1. The fourth-order valence-corrected chi connectivity index (χ4v) is 2.17. The molecule has 0 aliphatic heterocycles. The van der Waals surface area contributed by atoms with Gasteiger partial charge in [-0.2, -0.15) is 0 Å². The zero-order valence-corrected chi connectivity index (χ0v) is 12.8. The number of carbonyl (C=O) groups excluding carboxylic acids is 1. The molecule has 1 N–H and O–H groups in total. The van der Waals surface area contributed by atoms with Crippen LogP contribution in [0.25, 0.3) is 0 Å². The molecule has 0 spiro atoms. The fraction of sp³-hybridized carbons (Fsp3) is 0.294. The number of aromatic nitrogens is 1. The van der Waals surface area contributed by atoms with Crippen LogP contribution in [0.4, 0.5) is 0 Å². The van der Waals surface area contributed by atoms with E-state index in [4.69, 9.17) is 0 Å². The number of aryl methyl sites for hydroxylation is 1. The van der Waals surface area contributed by atoms with Gasteiger partial charge in [0.1, 0.15) is 5.75 Å². The maximum Gasteiger partial charge on any atom is 0.251 e. The monoisotopic (exact) mass is 300 g/mol. The molecule has 0 aliphatic rings. The number of aromatic hydroxyl groups is 1. The molecular formula is C17H20N2O3. The molecule has 2 rings (SSSR count). The van der Waals surface area contributed by atoms with E-state index in [1.165, 1.54) is 18.2 Å². The normalized spacial score (nSPS) is 10.9. The second kappa shape index (κ2) is 7.04. The number of benzene rings is 1. The third-order valence-corrected chi connectivity index (χ3v) is 3.39. The quantitative estimate of drug-likeness (QED) is 0.825. The summed E-state index contributed by atoms with van der Waals surface area (Å²) in [4.78, 5) is 26.4. The van der Waals surface area contributed by atoms with Crippen LogP contribution in [0.1, 0.15) is 22.3 Å². The van der Waals surface area contributed by atoms with E-state index in [1.807, 2.05) is 14.1 Å². The number of hydrogen-bond acceptors (Lipinski definition) is 4. The minimum absolute atomic E-state index is 0.104. The first-order chi connectivity index (χ1) is 10.5. The van der Waals surface area contributed by atoms with Crippen molar-refractivity contribution in [1.29, 1.82) is 0 Å². The number of hydrogen-bond donors (Lipinski definition) is 1. The lowest BCUT2D eigenvalue weighted by Gasteiger charge is -2.10. The highest BCUT2D eigenvalue weighted by atomic mass is 16.3. The average Bonchev–Trinajstić information content (AvgIpc) is 2.48. The zero-order chi connectivity index (χ0) is 16.1. The summed E-state index contributed by atoms with van der Waals surface area (Å²) in [5, 5.41) is 9.24. The summed E-state index contributed by atoms with van der Waals surface area (Å²) in [6.07, 6.45) is 2.53. The molecule has 0 fully saturated rings. The summed E-state index contributed by atoms with van der Waals surface area (Å²) in [6.45, 7) is 1.53. The third-order valence-electron chi connectivity index (χ3n) is 3.39. The number of phenols is 1. The van der Waals surface area contributed by atoms with E-state index in [9.17, 15) is 14.7 Å². The van der Waals surface area contributed by atoms with Crippen molar-refractivity contribution < 1.29 is 9.90 Å². The topological polar surface area (TPSA) is 62.5 Å². The Morgan fingerprint density at radius 3 is 2.41 bits per heavy atom. The standard InChI is InChI=1S/C17H20N2O3/c1-18(2)9-3-10-19-11-8-14(12-16(19)21)17(22)13-4-6-15(20)7-5-13/h4-8,11-12,20H,3,9-10H2,1-2H3. The lowest BCUT2D eigenvalue weighted by atomic mass is 10.0. The molecule has 22 heavy (non-hydrogen) atoms. The molecule has 1 aromatic heterocycles. The Morgan fingerprint density at radius 1 is 1.14 bits per heavy atom. The van der Waals surface area contributed by atoms with E-state index in [0.717, 1.165) is 13.0 Å². The van der Waals surface area contributed by atoms with E-state index < -0.39 is 0 Å². The van der Waals surface area contributed by atoms with Gasteiger partial charge in [0.15, 0.2) is 5.78 Å². The Labute approximate surface area is 129 Å². The molecule has 0 saturated heterocycles. The van der Waals surface area contributed by atoms with Crippen molar-refractivity contribution in [3.63, 3.8) is 0 Å². The fourth-order valence-electron chi connectivity index (χ4n) is 2.17. The summed E-state index contributed by atoms with van der Waals surface area (Å²) < 4.78 is 1.61. The van der Waals surface area contributed by atoms with Crippen LogP contribution in [0.15, 0.2) is 47.4 Å². The van der Waals surface area contributed by atoms with Crippen LogP contribution in [-0.4, -0.2) is 41.0 Å². The average molecular weight is 300 g/mol. The number of pyridine rings is 1. The third kappa shape index (κ3) is 4.05. The molecule has 1 heterocycles. The van der Waals surface area contributed by atoms with E-state index >= 15 is 0 Å². The van der Waals surface area contributed by atoms with Crippen molar-refractivity contribution in [2.24, 2.45) is 0 Å². The molecule has 0 bridgehead atoms. The Bertz CT molecular complexity index is 703. The molecule has 0 radical (unpaired) electrons. The van der Waals surface area contributed by atoms with Crippen molar-refractivity contribution >= 4 is 5.78 Å². The Kier molecular flexibility index (Phi) is 5.12. The first kappa shape index (κ1) is 16.0. The Balaban J connectivity index is 2.13. The van der Waals surface area contributed by atoms with Crippen LogP contribution in [0.3, 0.4) is 0 Å². The lowest BCUT2D eigenvalue weighted by Crippen LogP contribution is -2.23. The van der Waals surface area contributed by atoms with Gasteiger partial charge in [-0.1, -0.05) is 0 Å². The van der Waals surface area contributed by atoms with Gasteiger partial charge in [-0.05, 0) is 57.4 Å². The van der Waals surface area contributed by atoms with Crippen LogP contribution in [-0.2, 0) is 6.54 Å². The second-order valence-electron chi connectivity index (χ2n) is 5.48. The highest BCUT2D eigenvalue weighted by Gasteiger charge is 2.10. The number of ketones is 1. The molecular weight excluding hydrogens is 280 g/mol. The second-order valence-corrected chi connectivity index (χ2v) is 5.48. The summed E-state index contributed by atoms with van der Waals surface area (Å²) in [6, 6.07) is 9.02. The number of rotatable bonds is 6. The smallest absolute Gasteiger partial charge is 0.251 e. The molecule has 0 saturated carbocycles. The maximum atomic E-state index is 12.3. The highest BCUT2D eigenvalue weighted by Crippen LogP contribution is 2.13. The van der Waals surface area contributed by atoms with Gasteiger partial charge in [-0.15, -0.1) is 0 Å². The largest absolute Gasteiger partial charge is 0.508 e. The maximum absolute atomic E-state index is 12.3. The predicted molar refractivity (Wildman–Crippen MR) is 85.4 cm³/mol. The van der Waals surface area contributed by atoms with Gasteiger partial charge >= 0.3 is 0 Å². The summed E-state index contributed by atoms with van der Waals surface area (Å²) >= 11 is 0. The van der Waals surface area contributed by atoms with Gasteiger partial charge in [-0.3, -0.25) is 9.59 Å². The minimum Gasteiger partial charge on any atom is -0.508 e. The van der Waals surface area contributed by atoms with Crippen molar-refractivity contribution in [2.45, 2.75) is 13.0 Å². The lowest BCUT2D eigenvalue weighted by molar-refractivity contribution is 0.103. The number of carbonyl (C=O) groups is 1. The van der Waals surface area contributed by atoms with Crippen molar-refractivity contribution in [3.05, 3.63) is 64.1 Å². The molecule has 5 nitrogen and oxygen atoms in total. The zero-order valence-electron chi connectivity index (χ0n) is 12.8. The van der Waals surface area contributed by atoms with Gasteiger partial charge in [0.2, 0.25) is 0 Å². The molecule has 116 valence electrons. The van der Waals surface area contributed by atoms with Crippen molar-refractivity contribution in [1.82, 2.24) is 9.47 Å². The van der Waals surface area contributed by atoms with Crippen LogP contribution in [0, 0.1) is 0 Å². The van der Waals surface area contributed by atoms with Crippen LogP contribution >= 0.6 is 0 Å². The summed E-state index contributed by atoms with van der Waals surface area (Å²) in [5.41, 5.74) is 0.630.